The molecule has 0 unspecified atom stereocenters. The van der Waals surface area contributed by atoms with Crippen molar-refractivity contribution in [3.63, 3.8) is 0 Å². The summed E-state index contributed by atoms with van der Waals surface area (Å²) in [6, 6.07) is 47.3. The van der Waals surface area contributed by atoms with E-state index in [-0.39, 0.29) is 0 Å². The Labute approximate surface area is 258 Å². The normalized spacial score (nSPS) is 12.0. The summed E-state index contributed by atoms with van der Waals surface area (Å²) in [6.45, 7) is 0. The molecule has 0 amide bonds. The Morgan fingerprint density at radius 3 is 2.02 bits per heavy atom. The molecule has 208 valence electrons. The van der Waals surface area contributed by atoms with E-state index in [0.717, 1.165) is 44.7 Å². The molecule has 3 aromatic heterocycles. The van der Waals surface area contributed by atoms with Crippen LogP contribution in [0, 0.1) is 0 Å². The van der Waals surface area contributed by atoms with Gasteiger partial charge in [-0.05, 0) is 75.0 Å². The van der Waals surface area contributed by atoms with Crippen LogP contribution in [-0.2, 0) is 0 Å². The fraction of sp³-hybridized carbons (Fsp3) is 0. The first-order valence-electron chi connectivity index (χ1n) is 15.2. The molecule has 0 bridgehead atoms. The van der Waals surface area contributed by atoms with Gasteiger partial charge in [-0.3, -0.25) is 9.55 Å². The highest BCUT2D eigenvalue weighted by atomic mass is 15.1. The van der Waals surface area contributed by atoms with Gasteiger partial charge in [-0.1, -0.05) is 97.1 Å². The molecule has 0 aliphatic heterocycles. The SMILES string of the molecule is c1ccc(-c2nc3ccccc3nc2-n2c3ccccc3c3cc4c(cc32)-c2cccc3cccc(c23)-c2ccncc2-4)cc1. The molecule has 0 saturated carbocycles. The van der Waals surface area contributed by atoms with Crippen molar-refractivity contribution in [3.8, 4) is 50.5 Å². The molecular formula is C41H24N4. The lowest BCUT2D eigenvalue weighted by molar-refractivity contribution is 1.08. The number of hydrogen-bond acceptors (Lipinski definition) is 3. The van der Waals surface area contributed by atoms with Crippen LogP contribution in [-0.4, -0.2) is 19.5 Å². The summed E-state index contributed by atoms with van der Waals surface area (Å²) in [7, 11) is 0. The minimum atomic E-state index is 0.820. The van der Waals surface area contributed by atoms with E-state index in [4.69, 9.17) is 9.97 Å². The molecule has 0 radical (unpaired) electrons. The zero-order chi connectivity index (χ0) is 29.5. The van der Waals surface area contributed by atoms with Crippen LogP contribution in [0.4, 0.5) is 0 Å². The summed E-state index contributed by atoms with van der Waals surface area (Å²) in [5.74, 6) is 0.820. The minimum Gasteiger partial charge on any atom is -0.292 e. The van der Waals surface area contributed by atoms with Crippen LogP contribution in [0.5, 0.6) is 0 Å². The topological polar surface area (TPSA) is 43.6 Å². The maximum atomic E-state index is 5.33. The molecule has 3 heterocycles. The van der Waals surface area contributed by atoms with E-state index in [1.807, 2.05) is 42.7 Å². The summed E-state index contributed by atoms with van der Waals surface area (Å²) in [6.07, 6.45) is 3.92. The number of benzene rings is 6. The van der Waals surface area contributed by atoms with Crippen LogP contribution in [0.1, 0.15) is 0 Å². The number of fused-ring (bicyclic) bond motifs is 9. The zero-order valence-electron chi connectivity index (χ0n) is 24.1. The van der Waals surface area contributed by atoms with Gasteiger partial charge >= 0.3 is 0 Å². The third-order valence-electron chi connectivity index (χ3n) is 9.22. The van der Waals surface area contributed by atoms with Crippen LogP contribution >= 0.6 is 0 Å². The van der Waals surface area contributed by atoms with Crippen molar-refractivity contribution in [3.05, 3.63) is 146 Å². The van der Waals surface area contributed by atoms with E-state index in [0.29, 0.717) is 0 Å². The molecule has 10 rings (SSSR count). The Morgan fingerprint density at radius 2 is 1.18 bits per heavy atom. The predicted molar refractivity (Wildman–Crippen MR) is 184 cm³/mol. The van der Waals surface area contributed by atoms with Gasteiger partial charge in [-0.25, -0.2) is 9.97 Å². The molecular weight excluding hydrogens is 548 g/mol. The predicted octanol–water partition coefficient (Wildman–Crippen LogP) is 10.3. The average Bonchev–Trinajstić information content (AvgIpc) is 3.37. The second-order valence-corrected chi connectivity index (χ2v) is 11.6. The van der Waals surface area contributed by atoms with Crippen molar-refractivity contribution in [1.29, 1.82) is 0 Å². The number of pyridine rings is 1. The fourth-order valence-corrected chi connectivity index (χ4v) is 7.26. The fourth-order valence-electron chi connectivity index (χ4n) is 7.26. The highest BCUT2D eigenvalue weighted by Crippen LogP contribution is 2.49. The van der Waals surface area contributed by atoms with Gasteiger partial charge < -0.3 is 0 Å². The van der Waals surface area contributed by atoms with Crippen molar-refractivity contribution in [2.75, 3.05) is 0 Å². The van der Waals surface area contributed by atoms with E-state index in [1.165, 1.54) is 49.4 Å². The maximum absolute atomic E-state index is 5.33. The first-order valence-corrected chi connectivity index (χ1v) is 15.2. The molecule has 1 aliphatic rings. The molecule has 0 atom stereocenters. The van der Waals surface area contributed by atoms with Gasteiger partial charge in [-0.2, -0.15) is 0 Å². The summed E-state index contributed by atoms with van der Waals surface area (Å²) in [5.41, 5.74) is 13.0. The lowest BCUT2D eigenvalue weighted by atomic mass is 9.93. The Balaban J connectivity index is 1.39. The molecule has 6 aromatic carbocycles. The molecule has 0 fully saturated rings. The van der Waals surface area contributed by atoms with Crippen LogP contribution in [0.2, 0.25) is 0 Å². The van der Waals surface area contributed by atoms with Gasteiger partial charge in [0.2, 0.25) is 0 Å². The summed E-state index contributed by atoms with van der Waals surface area (Å²) in [4.78, 5) is 15.2. The second-order valence-electron chi connectivity index (χ2n) is 11.6. The van der Waals surface area contributed by atoms with Crippen molar-refractivity contribution >= 4 is 43.6 Å². The lowest BCUT2D eigenvalue weighted by Gasteiger charge is -2.15. The molecule has 9 aromatic rings. The smallest absolute Gasteiger partial charge is 0.165 e. The number of rotatable bonds is 2. The molecule has 45 heavy (non-hydrogen) atoms. The first-order chi connectivity index (χ1) is 22.3. The summed E-state index contributed by atoms with van der Waals surface area (Å²) < 4.78 is 2.31. The van der Waals surface area contributed by atoms with Crippen LogP contribution in [0.15, 0.2) is 146 Å². The lowest BCUT2D eigenvalue weighted by Crippen LogP contribution is -2.03. The first kappa shape index (κ1) is 24.3. The van der Waals surface area contributed by atoms with Crippen LogP contribution in [0.3, 0.4) is 0 Å². The van der Waals surface area contributed by atoms with E-state index in [9.17, 15) is 0 Å². The Morgan fingerprint density at radius 1 is 0.467 bits per heavy atom. The second kappa shape index (κ2) is 9.18. The molecule has 1 aliphatic carbocycles. The number of hydrogen-bond donors (Lipinski definition) is 0. The van der Waals surface area contributed by atoms with E-state index in [2.05, 4.69) is 113 Å². The molecule has 0 N–H and O–H groups in total. The Bertz CT molecular complexity index is 2650. The van der Waals surface area contributed by atoms with E-state index >= 15 is 0 Å². The van der Waals surface area contributed by atoms with Crippen molar-refractivity contribution in [2.24, 2.45) is 0 Å². The minimum absolute atomic E-state index is 0.820. The number of para-hydroxylation sites is 3. The molecule has 0 spiro atoms. The maximum Gasteiger partial charge on any atom is 0.165 e. The zero-order valence-corrected chi connectivity index (χ0v) is 24.1. The van der Waals surface area contributed by atoms with Crippen LogP contribution < -0.4 is 0 Å². The third kappa shape index (κ3) is 3.45. The standard InChI is InChI=1S/C41H24N4/c1-2-10-26(11-3-1)40-41(44-36-18-6-5-17-35(36)43-40)45-37-19-7-4-14-28(37)33-22-31-32(23-38(33)45)30-16-9-13-25-12-8-15-29(39(25)30)27-20-21-42-24-34(27)31/h1-24H. The highest BCUT2D eigenvalue weighted by Gasteiger charge is 2.25. The Kier molecular flexibility index (Phi) is 4.96. The quantitative estimate of drug-likeness (QED) is 0.207. The highest BCUT2D eigenvalue weighted by molar-refractivity contribution is 6.18. The molecule has 4 heteroatoms. The number of aromatic nitrogens is 4. The van der Waals surface area contributed by atoms with Crippen molar-refractivity contribution < 1.29 is 0 Å². The summed E-state index contributed by atoms with van der Waals surface area (Å²) >= 11 is 0. The van der Waals surface area contributed by atoms with Gasteiger partial charge in [0.1, 0.15) is 5.69 Å². The van der Waals surface area contributed by atoms with Gasteiger partial charge in [0.25, 0.3) is 0 Å². The average molecular weight is 573 g/mol. The monoisotopic (exact) mass is 572 g/mol. The van der Waals surface area contributed by atoms with E-state index in [1.54, 1.807) is 0 Å². The summed E-state index contributed by atoms with van der Waals surface area (Å²) in [5, 5.41) is 4.85. The third-order valence-corrected chi connectivity index (χ3v) is 9.22. The van der Waals surface area contributed by atoms with Gasteiger partial charge in [0.15, 0.2) is 5.82 Å². The molecule has 0 saturated heterocycles. The van der Waals surface area contributed by atoms with Crippen molar-refractivity contribution in [2.45, 2.75) is 0 Å². The van der Waals surface area contributed by atoms with Crippen LogP contribution in [0.25, 0.3) is 94.1 Å². The van der Waals surface area contributed by atoms with E-state index < -0.39 is 0 Å². The van der Waals surface area contributed by atoms with Gasteiger partial charge in [-0.15, -0.1) is 0 Å². The van der Waals surface area contributed by atoms with Gasteiger partial charge in [0.05, 0.1) is 22.1 Å². The van der Waals surface area contributed by atoms with Crippen molar-refractivity contribution in [1.82, 2.24) is 19.5 Å². The van der Waals surface area contributed by atoms with Gasteiger partial charge in [0, 0.05) is 34.3 Å². The largest absolute Gasteiger partial charge is 0.292 e. The Hall–Kier alpha value is -6.13. The molecule has 4 nitrogen and oxygen atoms in total. The number of nitrogens with zero attached hydrogens (tertiary/aromatic N) is 4.